The Balaban J connectivity index is 1.95. The predicted octanol–water partition coefficient (Wildman–Crippen LogP) is 4.79. The summed E-state index contributed by atoms with van der Waals surface area (Å²) in [6, 6.07) is 8.09. The zero-order valence-corrected chi connectivity index (χ0v) is 11.8. The van der Waals surface area contributed by atoms with E-state index in [2.05, 4.69) is 4.98 Å². The Hall–Kier alpha value is -2.25. The highest BCUT2D eigenvalue weighted by molar-refractivity contribution is 7.20. The SMILES string of the molecule is O=[N+]([O-])c1ccc2nc(Oc3ccc(F)cc3Cl)sc2c1. The monoisotopic (exact) mass is 324 g/mol. The number of hydrogen-bond acceptors (Lipinski definition) is 5. The van der Waals surface area contributed by atoms with Crippen molar-refractivity contribution in [2.45, 2.75) is 0 Å². The fourth-order valence-corrected chi connectivity index (χ4v) is 2.77. The number of nitro groups is 1. The van der Waals surface area contributed by atoms with Crippen LogP contribution in [0, 0.1) is 15.9 Å². The number of aromatic nitrogens is 1. The minimum atomic E-state index is -0.476. The Kier molecular flexibility index (Phi) is 3.44. The summed E-state index contributed by atoms with van der Waals surface area (Å²) in [7, 11) is 0. The summed E-state index contributed by atoms with van der Waals surface area (Å²) in [5.74, 6) is -0.195. The highest BCUT2D eigenvalue weighted by atomic mass is 35.5. The topological polar surface area (TPSA) is 65.3 Å². The van der Waals surface area contributed by atoms with Gasteiger partial charge in [0, 0.05) is 12.1 Å². The summed E-state index contributed by atoms with van der Waals surface area (Å²) in [4.78, 5) is 14.4. The van der Waals surface area contributed by atoms with Crippen LogP contribution in [0.3, 0.4) is 0 Å². The molecule has 3 aromatic rings. The summed E-state index contributed by atoms with van der Waals surface area (Å²) >= 11 is 7.01. The number of non-ortho nitro benzene ring substituents is 1. The smallest absolute Gasteiger partial charge is 0.279 e. The van der Waals surface area contributed by atoms with Crippen LogP contribution in [0.15, 0.2) is 36.4 Å². The molecule has 0 bridgehead atoms. The van der Waals surface area contributed by atoms with Crippen molar-refractivity contribution in [2.75, 3.05) is 0 Å². The van der Waals surface area contributed by atoms with Gasteiger partial charge in [-0.25, -0.2) is 9.37 Å². The minimum Gasteiger partial charge on any atom is -0.429 e. The van der Waals surface area contributed by atoms with Crippen molar-refractivity contribution in [1.82, 2.24) is 4.98 Å². The number of nitrogens with zero attached hydrogens (tertiary/aromatic N) is 2. The number of benzene rings is 2. The zero-order valence-electron chi connectivity index (χ0n) is 10.2. The molecule has 0 aliphatic heterocycles. The van der Waals surface area contributed by atoms with E-state index in [9.17, 15) is 14.5 Å². The van der Waals surface area contributed by atoms with E-state index in [4.69, 9.17) is 16.3 Å². The van der Waals surface area contributed by atoms with Gasteiger partial charge in [-0.2, -0.15) is 0 Å². The Morgan fingerprint density at radius 3 is 2.81 bits per heavy atom. The van der Waals surface area contributed by atoms with Crippen molar-refractivity contribution in [1.29, 1.82) is 0 Å². The summed E-state index contributed by atoms with van der Waals surface area (Å²) in [6.07, 6.45) is 0. The van der Waals surface area contributed by atoms with Crippen LogP contribution >= 0.6 is 22.9 Å². The molecule has 2 aromatic carbocycles. The lowest BCUT2D eigenvalue weighted by molar-refractivity contribution is -0.384. The van der Waals surface area contributed by atoms with E-state index in [1.165, 1.54) is 24.3 Å². The first kappa shape index (κ1) is 13.7. The van der Waals surface area contributed by atoms with Gasteiger partial charge in [0.05, 0.1) is 20.2 Å². The first-order valence-corrected chi connectivity index (χ1v) is 6.90. The third kappa shape index (κ3) is 2.79. The first-order valence-electron chi connectivity index (χ1n) is 5.71. The largest absolute Gasteiger partial charge is 0.429 e. The minimum absolute atomic E-state index is 0.0162. The molecule has 0 saturated heterocycles. The predicted molar refractivity (Wildman–Crippen MR) is 77.8 cm³/mol. The van der Waals surface area contributed by atoms with Crippen molar-refractivity contribution >= 4 is 38.8 Å². The van der Waals surface area contributed by atoms with Crippen LogP contribution in [0.4, 0.5) is 10.1 Å². The van der Waals surface area contributed by atoms with Gasteiger partial charge in [0.1, 0.15) is 11.6 Å². The third-order valence-electron chi connectivity index (χ3n) is 2.65. The van der Waals surface area contributed by atoms with Gasteiger partial charge in [0.15, 0.2) is 0 Å². The Labute approximate surface area is 126 Å². The summed E-state index contributed by atoms with van der Waals surface area (Å²) in [5, 5.41) is 11.1. The van der Waals surface area contributed by atoms with E-state index in [1.54, 1.807) is 6.07 Å². The third-order valence-corrected chi connectivity index (χ3v) is 3.85. The van der Waals surface area contributed by atoms with E-state index >= 15 is 0 Å². The molecule has 0 spiro atoms. The standard InChI is InChI=1S/C13H6ClFN2O3S/c14-9-5-7(15)1-4-11(9)20-13-16-10-3-2-8(17(18)19)6-12(10)21-13/h1-6H. The molecular formula is C13H6ClFN2O3S. The number of rotatable bonds is 3. The second-order valence-electron chi connectivity index (χ2n) is 4.07. The Morgan fingerprint density at radius 2 is 2.10 bits per heavy atom. The molecule has 21 heavy (non-hydrogen) atoms. The number of thiazole rings is 1. The fourth-order valence-electron chi connectivity index (χ4n) is 1.70. The lowest BCUT2D eigenvalue weighted by Gasteiger charge is -2.03. The van der Waals surface area contributed by atoms with Crippen LogP contribution in [0.5, 0.6) is 10.9 Å². The first-order chi connectivity index (χ1) is 10.0. The Bertz CT molecular complexity index is 853. The van der Waals surface area contributed by atoms with Gasteiger partial charge in [-0.3, -0.25) is 10.1 Å². The normalized spacial score (nSPS) is 10.8. The molecule has 0 saturated carbocycles. The molecule has 3 rings (SSSR count). The Morgan fingerprint density at radius 1 is 1.29 bits per heavy atom. The molecule has 1 heterocycles. The second-order valence-corrected chi connectivity index (χ2v) is 5.47. The number of fused-ring (bicyclic) bond motifs is 1. The molecule has 8 heteroatoms. The lowest BCUT2D eigenvalue weighted by atomic mass is 10.3. The summed E-state index contributed by atoms with van der Waals surface area (Å²) in [6.45, 7) is 0. The zero-order chi connectivity index (χ0) is 15.0. The van der Waals surface area contributed by atoms with E-state index in [1.807, 2.05) is 0 Å². The van der Waals surface area contributed by atoms with E-state index in [0.717, 1.165) is 17.4 Å². The maximum atomic E-state index is 13.0. The average molecular weight is 325 g/mol. The van der Waals surface area contributed by atoms with Crippen molar-refractivity contribution < 1.29 is 14.1 Å². The van der Waals surface area contributed by atoms with Gasteiger partial charge in [-0.15, -0.1) is 0 Å². The number of halogens is 2. The molecule has 0 aliphatic rings. The van der Waals surface area contributed by atoms with Crippen molar-refractivity contribution in [2.24, 2.45) is 0 Å². The molecule has 5 nitrogen and oxygen atoms in total. The van der Waals surface area contributed by atoms with Crippen LogP contribution in [-0.2, 0) is 0 Å². The van der Waals surface area contributed by atoms with Gasteiger partial charge in [0.25, 0.3) is 10.9 Å². The molecule has 0 unspecified atom stereocenters. The van der Waals surface area contributed by atoms with Gasteiger partial charge in [-0.1, -0.05) is 22.9 Å². The van der Waals surface area contributed by atoms with Crippen molar-refractivity contribution in [3.63, 3.8) is 0 Å². The van der Waals surface area contributed by atoms with E-state index in [-0.39, 0.29) is 21.7 Å². The average Bonchev–Trinajstić information content (AvgIpc) is 2.83. The van der Waals surface area contributed by atoms with Gasteiger partial charge in [0.2, 0.25) is 0 Å². The molecule has 0 fully saturated rings. The van der Waals surface area contributed by atoms with Crippen LogP contribution in [0.25, 0.3) is 10.2 Å². The molecule has 0 aliphatic carbocycles. The molecule has 0 atom stereocenters. The highest BCUT2D eigenvalue weighted by Crippen LogP contribution is 2.35. The molecule has 0 radical (unpaired) electrons. The van der Waals surface area contributed by atoms with Crippen LogP contribution in [0.2, 0.25) is 5.02 Å². The second kappa shape index (κ2) is 5.27. The maximum absolute atomic E-state index is 13.0. The number of ether oxygens (including phenoxy) is 1. The van der Waals surface area contributed by atoms with Gasteiger partial charge < -0.3 is 4.74 Å². The van der Waals surface area contributed by atoms with Gasteiger partial charge in [-0.05, 0) is 24.3 Å². The lowest BCUT2D eigenvalue weighted by Crippen LogP contribution is -1.86. The van der Waals surface area contributed by atoms with E-state index < -0.39 is 10.7 Å². The number of hydrogen-bond donors (Lipinski definition) is 0. The van der Waals surface area contributed by atoms with Crippen LogP contribution in [-0.4, -0.2) is 9.91 Å². The van der Waals surface area contributed by atoms with Crippen LogP contribution in [0.1, 0.15) is 0 Å². The van der Waals surface area contributed by atoms with Crippen molar-refractivity contribution in [3.05, 3.63) is 57.4 Å². The van der Waals surface area contributed by atoms with Crippen LogP contribution < -0.4 is 4.74 Å². The van der Waals surface area contributed by atoms with Crippen molar-refractivity contribution in [3.8, 4) is 10.9 Å². The number of nitro benzene ring substituents is 1. The molecule has 0 amide bonds. The molecule has 1 aromatic heterocycles. The molecule has 106 valence electrons. The molecular weight excluding hydrogens is 319 g/mol. The van der Waals surface area contributed by atoms with Gasteiger partial charge >= 0.3 is 0 Å². The fraction of sp³-hybridized carbons (Fsp3) is 0. The summed E-state index contributed by atoms with van der Waals surface area (Å²) in [5.41, 5.74) is 0.566. The molecule has 0 N–H and O–H groups in total. The quantitative estimate of drug-likeness (QED) is 0.513. The van der Waals surface area contributed by atoms with E-state index in [0.29, 0.717) is 10.2 Å². The summed E-state index contributed by atoms with van der Waals surface area (Å²) < 4.78 is 19.1. The highest BCUT2D eigenvalue weighted by Gasteiger charge is 2.12. The maximum Gasteiger partial charge on any atom is 0.279 e.